The van der Waals surface area contributed by atoms with Crippen molar-refractivity contribution in [2.24, 2.45) is 5.92 Å². The highest BCUT2D eigenvalue weighted by molar-refractivity contribution is 4.83. The molecule has 3 nitrogen and oxygen atoms in total. The molecule has 0 amide bonds. The van der Waals surface area contributed by atoms with E-state index < -0.39 is 0 Å². The van der Waals surface area contributed by atoms with Gasteiger partial charge in [0.25, 0.3) is 0 Å². The van der Waals surface area contributed by atoms with E-state index in [4.69, 9.17) is 0 Å². The molecule has 0 aliphatic carbocycles. The van der Waals surface area contributed by atoms with Crippen molar-refractivity contribution in [2.45, 2.75) is 45.7 Å². The zero-order chi connectivity index (χ0) is 12.3. The molecule has 0 aromatic carbocycles. The van der Waals surface area contributed by atoms with E-state index in [2.05, 4.69) is 35.9 Å². The highest BCUT2D eigenvalue weighted by Crippen LogP contribution is 2.18. The maximum Gasteiger partial charge on any atom is 0.0198 e. The van der Waals surface area contributed by atoms with Gasteiger partial charge in [0.15, 0.2) is 0 Å². The van der Waals surface area contributed by atoms with Crippen LogP contribution in [0.25, 0.3) is 0 Å². The number of piperazine rings is 1. The van der Waals surface area contributed by atoms with E-state index in [1.54, 1.807) is 0 Å². The molecular formula is C14H29N3. The summed E-state index contributed by atoms with van der Waals surface area (Å²) in [7, 11) is 0. The second-order valence-corrected chi connectivity index (χ2v) is 6.13. The van der Waals surface area contributed by atoms with Crippen LogP contribution in [0.1, 0.15) is 33.6 Å². The van der Waals surface area contributed by atoms with Crippen LogP contribution in [0, 0.1) is 5.92 Å². The van der Waals surface area contributed by atoms with Gasteiger partial charge in [-0.25, -0.2) is 0 Å². The maximum absolute atomic E-state index is 3.46. The molecule has 2 rings (SSSR count). The molecule has 100 valence electrons. The lowest BCUT2D eigenvalue weighted by atomic mass is 9.97. The van der Waals surface area contributed by atoms with Gasteiger partial charge < -0.3 is 10.2 Å². The molecule has 0 unspecified atom stereocenters. The van der Waals surface area contributed by atoms with Crippen molar-refractivity contribution < 1.29 is 0 Å². The number of hydrogen-bond acceptors (Lipinski definition) is 3. The van der Waals surface area contributed by atoms with Crippen molar-refractivity contribution in [3.05, 3.63) is 0 Å². The van der Waals surface area contributed by atoms with Gasteiger partial charge in [0.1, 0.15) is 0 Å². The van der Waals surface area contributed by atoms with Gasteiger partial charge in [-0.05, 0) is 52.6 Å². The van der Waals surface area contributed by atoms with Crippen LogP contribution < -0.4 is 5.32 Å². The summed E-state index contributed by atoms with van der Waals surface area (Å²) < 4.78 is 0. The van der Waals surface area contributed by atoms with Crippen LogP contribution in [0.3, 0.4) is 0 Å². The Bertz CT molecular complexity index is 224. The van der Waals surface area contributed by atoms with Crippen LogP contribution in [-0.4, -0.2) is 61.2 Å². The minimum atomic E-state index is 0.700. The molecule has 0 saturated carbocycles. The summed E-state index contributed by atoms with van der Waals surface area (Å²) in [5.74, 6) is 0.939. The second-order valence-electron chi connectivity index (χ2n) is 6.13. The fraction of sp³-hybridized carbons (Fsp3) is 1.00. The smallest absolute Gasteiger partial charge is 0.0198 e. The lowest BCUT2D eigenvalue weighted by molar-refractivity contribution is 0.0492. The lowest BCUT2D eigenvalue weighted by Crippen LogP contribution is -2.55. The topological polar surface area (TPSA) is 18.5 Å². The highest BCUT2D eigenvalue weighted by Gasteiger charge is 2.26. The predicted molar refractivity (Wildman–Crippen MR) is 73.3 cm³/mol. The Morgan fingerprint density at radius 3 is 2.47 bits per heavy atom. The fourth-order valence-corrected chi connectivity index (χ4v) is 3.41. The molecule has 2 fully saturated rings. The third-order valence-corrected chi connectivity index (χ3v) is 4.40. The molecule has 0 aromatic rings. The van der Waals surface area contributed by atoms with Gasteiger partial charge in [-0.15, -0.1) is 0 Å². The number of nitrogens with one attached hydrogen (secondary N) is 1. The molecule has 1 atom stereocenters. The summed E-state index contributed by atoms with van der Waals surface area (Å²) in [4.78, 5) is 5.33. The summed E-state index contributed by atoms with van der Waals surface area (Å²) in [6.45, 7) is 14.6. The Morgan fingerprint density at radius 2 is 1.88 bits per heavy atom. The van der Waals surface area contributed by atoms with Crippen LogP contribution in [0.5, 0.6) is 0 Å². The zero-order valence-electron chi connectivity index (χ0n) is 11.8. The largest absolute Gasteiger partial charge is 0.317 e. The lowest BCUT2D eigenvalue weighted by Gasteiger charge is -2.43. The first-order chi connectivity index (χ1) is 8.16. The third kappa shape index (κ3) is 3.67. The van der Waals surface area contributed by atoms with Crippen molar-refractivity contribution in [2.75, 3.05) is 39.3 Å². The molecule has 2 aliphatic rings. The molecule has 2 heterocycles. The highest BCUT2D eigenvalue weighted by atomic mass is 15.3. The Labute approximate surface area is 107 Å². The van der Waals surface area contributed by atoms with Crippen LogP contribution >= 0.6 is 0 Å². The summed E-state index contributed by atoms with van der Waals surface area (Å²) >= 11 is 0. The van der Waals surface area contributed by atoms with Gasteiger partial charge in [0.2, 0.25) is 0 Å². The van der Waals surface area contributed by atoms with Crippen molar-refractivity contribution in [1.29, 1.82) is 0 Å². The van der Waals surface area contributed by atoms with Crippen LogP contribution in [0.2, 0.25) is 0 Å². The van der Waals surface area contributed by atoms with Gasteiger partial charge in [-0.1, -0.05) is 0 Å². The first-order valence-corrected chi connectivity index (χ1v) is 7.35. The first kappa shape index (κ1) is 13.3. The van der Waals surface area contributed by atoms with Gasteiger partial charge in [-0.3, -0.25) is 4.90 Å². The van der Waals surface area contributed by atoms with E-state index in [1.165, 1.54) is 52.1 Å². The maximum atomic E-state index is 3.46. The normalized spacial score (nSPS) is 30.0. The standard InChI is InChI=1S/C14H29N3/c1-12(2)17-9-8-16(10-13(17)3)11-14-4-6-15-7-5-14/h12-15H,4-11H2,1-3H3/t13-/m1/s1. The minimum absolute atomic E-state index is 0.700. The van der Waals surface area contributed by atoms with Crippen LogP contribution in [0.4, 0.5) is 0 Å². The van der Waals surface area contributed by atoms with Crippen molar-refractivity contribution in [3.8, 4) is 0 Å². The Kier molecular flexibility index (Phi) is 4.83. The zero-order valence-corrected chi connectivity index (χ0v) is 11.8. The van der Waals surface area contributed by atoms with Crippen LogP contribution in [-0.2, 0) is 0 Å². The number of hydrogen-bond donors (Lipinski definition) is 1. The summed E-state index contributed by atoms with van der Waals surface area (Å²) in [5.41, 5.74) is 0. The van der Waals surface area contributed by atoms with Crippen molar-refractivity contribution >= 4 is 0 Å². The Morgan fingerprint density at radius 1 is 1.18 bits per heavy atom. The van der Waals surface area contributed by atoms with E-state index in [1.807, 2.05) is 0 Å². The van der Waals surface area contributed by atoms with Gasteiger partial charge in [-0.2, -0.15) is 0 Å². The molecule has 1 N–H and O–H groups in total. The second kappa shape index (κ2) is 6.17. The minimum Gasteiger partial charge on any atom is -0.317 e. The molecule has 0 spiro atoms. The molecule has 2 saturated heterocycles. The summed E-state index contributed by atoms with van der Waals surface area (Å²) in [5, 5.41) is 3.46. The monoisotopic (exact) mass is 239 g/mol. The molecular weight excluding hydrogens is 210 g/mol. The van der Waals surface area contributed by atoms with Gasteiger partial charge in [0, 0.05) is 38.3 Å². The average molecular weight is 239 g/mol. The molecule has 17 heavy (non-hydrogen) atoms. The fourth-order valence-electron chi connectivity index (χ4n) is 3.41. The van der Waals surface area contributed by atoms with E-state index in [0.29, 0.717) is 6.04 Å². The molecule has 0 bridgehead atoms. The summed E-state index contributed by atoms with van der Waals surface area (Å²) in [6.07, 6.45) is 2.75. The number of piperidine rings is 1. The van der Waals surface area contributed by atoms with E-state index >= 15 is 0 Å². The average Bonchev–Trinajstić information content (AvgIpc) is 2.30. The molecule has 0 aromatic heterocycles. The number of nitrogens with zero attached hydrogens (tertiary/aromatic N) is 2. The van der Waals surface area contributed by atoms with Gasteiger partial charge >= 0.3 is 0 Å². The van der Waals surface area contributed by atoms with Crippen molar-refractivity contribution in [1.82, 2.24) is 15.1 Å². The first-order valence-electron chi connectivity index (χ1n) is 7.35. The van der Waals surface area contributed by atoms with E-state index in [0.717, 1.165) is 12.0 Å². The number of rotatable bonds is 3. The van der Waals surface area contributed by atoms with Gasteiger partial charge in [0.05, 0.1) is 0 Å². The molecule has 2 aliphatic heterocycles. The summed E-state index contributed by atoms with van der Waals surface area (Å²) in [6, 6.07) is 1.43. The van der Waals surface area contributed by atoms with E-state index in [-0.39, 0.29) is 0 Å². The third-order valence-electron chi connectivity index (χ3n) is 4.40. The molecule has 3 heteroatoms. The predicted octanol–water partition coefficient (Wildman–Crippen LogP) is 1.40. The Hall–Kier alpha value is -0.120. The quantitative estimate of drug-likeness (QED) is 0.803. The van der Waals surface area contributed by atoms with Crippen LogP contribution in [0.15, 0.2) is 0 Å². The molecule has 0 radical (unpaired) electrons. The van der Waals surface area contributed by atoms with E-state index in [9.17, 15) is 0 Å². The Balaban J connectivity index is 1.76. The van der Waals surface area contributed by atoms with Crippen molar-refractivity contribution in [3.63, 3.8) is 0 Å². The SMILES string of the molecule is CC(C)N1CCN(CC2CCNCC2)C[C@H]1C.